The second kappa shape index (κ2) is 11.1. The first-order chi connectivity index (χ1) is 12.6. The summed E-state index contributed by atoms with van der Waals surface area (Å²) in [5.74, 6) is 0.296. The smallest absolute Gasteiger partial charge is 0.220 e. The van der Waals surface area contributed by atoms with Crippen molar-refractivity contribution < 1.29 is 4.79 Å². The summed E-state index contributed by atoms with van der Waals surface area (Å²) in [6, 6.07) is 0. The second-order valence-electron chi connectivity index (χ2n) is 9.50. The molecule has 3 aliphatic carbocycles. The van der Waals surface area contributed by atoms with Crippen LogP contribution in [0.4, 0.5) is 0 Å². The van der Waals surface area contributed by atoms with Crippen molar-refractivity contribution in [3.63, 3.8) is 0 Å². The fourth-order valence-electron chi connectivity index (χ4n) is 5.14. The highest BCUT2D eigenvalue weighted by molar-refractivity contribution is 5.77. The maximum atomic E-state index is 12.0. The molecule has 26 heavy (non-hydrogen) atoms. The predicted octanol–water partition coefficient (Wildman–Crippen LogP) is 7.08. The number of hydrogen-bond acceptors (Lipinski definition) is 1. The molecule has 150 valence electrons. The van der Waals surface area contributed by atoms with E-state index in [1.54, 1.807) is 0 Å². The van der Waals surface area contributed by atoms with Gasteiger partial charge in [0.1, 0.15) is 0 Å². The van der Waals surface area contributed by atoms with Gasteiger partial charge in [0.25, 0.3) is 0 Å². The number of hydrogen-bond donors (Lipinski definition) is 1. The Balaban J connectivity index is 1.29. The van der Waals surface area contributed by atoms with Crippen LogP contribution in [0.25, 0.3) is 0 Å². The van der Waals surface area contributed by atoms with E-state index in [-0.39, 0.29) is 5.54 Å². The lowest BCUT2D eigenvalue weighted by molar-refractivity contribution is -0.156. The molecule has 0 unspecified atom stereocenters. The fourth-order valence-corrected chi connectivity index (χ4v) is 5.14. The zero-order valence-corrected chi connectivity index (χ0v) is 17.6. The summed E-state index contributed by atoms with van der Waals surface area (Å²) >= 11 is 0. The van der Waals surface area contributed by atoms with Gasteiger partial charge >= 0.3 is 0 Å². The normalized spacial score (nSPS) is 26.5. The molecule has 0 radical (unpaired) electrons. The van der Waals surface area contributed by atoms with Crippen LogP contribution in [0, 0.1) is 5.41 Å². The molecule has 0 aliphatic heterocycles. The highest BCUT2D eigenvalue weighted by Crippen LogP contribution is 2.66. The SMILES string of the molecule is CCCCCCCC/C=C\CCCCCCCC(=O)NC12CC(C)(C1)C2. The Hall–Kier alpha value is -0.790. The molecular weight excluding hydrogens is 318 g/mol. The van der Waals surface area contributed by atoms with Gasteiger partial charge in [0, 0.05) is 12.0 Å². The van der Waals surface area contributed by atoms with Crippen molar-refractivity contribution in [2.45, 2.75) is 129 Å². The quantitative estimate of drug-likeness (QED) is 0.231. The first-order valence-corrected chi connectivity index (χ1v) is 11.5. The topological polar surface area (TPSA) is 29.1 Å². The van der Waals surface area contributed by atoms with Crippen LogP contribution in [-0.2, 0) is 4.79 Å². The third kappa shape index (κ3) is 7.45. The summed E-state index contributed by atoms with van der Waals surface area (Å²) in [5.41, 5.74) is 0.810. The van der Waals surface area contributed by atoms with Gasteiger partial charge in [-0.25, -0.2) is 0 Å². The number of nitrogens with one attached hydrogen (secondary N) is 1. The number of allylic oxidation sites excluding steroid dienone is 2. The molecule has 0 heterocycles. The van der Waals surface area contributed by atoms with E-state index in [0.29, 0.717) is 11.3 Å². The van der Waals surface area contributed by atoms with Crippen LogP contribution in [0.3, 0.4) is 0 Å². The molecule has 3 saturated carbocycles. The number of carbonyl (C=O) groups is 1. The number of unbranched alkanes of at least 4 members (excludes halogenated alkanes) is 11. The molecule has 0 atom stereocenters. The van der Waals surface area contributed by atoms with Gasteiger partial charge in [0.2, 0.25) is 5.91 Å². The molecule has 3 rings (SSSR count). The van der Waals surface area contributed by atoms with Crippen LogP contribution in [0.2, 0.25) is 0 Å². The predicted molar refractivity (Wildman–Crippen MR) is 112 cm³/mol. The van der Waals surface area contributed by atoms with E-state index in [1.807, 2.05) is 0 Å². The molecule has 3 aliphatic rings. The highest BCUT2D eigenvalue weighted by atomic mass is 16.1. The van der Waals surface area contributed by atoms with Gasteiger partial charge in [0.15, 0.2) is 0 Å². The first kappa shape index (κ1) is 21.5. The molecule has 0 aromatic carbocycles. The largest absolute Gasteiger partial charge is 0.351 e. The van der Waals surface area contributed by atoms with Crippen LogP contribution in [0.1, 0.15) is 123 Å². The molecule has 0 aromatic rings. The Labute approximate surface area is 162 Å². The minimum absolute atomic E-state index is 0.230. The van der Waals surface area contributed by atoms with Gasteiger partial charge in [-0.3, -0.25) is 4.79 Å². The molecule has 2 bridgehead atoms. The summed E-state index contributed by atoms with van der Waals surface area (Å²) in [5, 5.41) is 3.29. The van der Waals surface area contributed by atoms with E-state index in [2.05, 4.69) is 31.3 Å². The van der Waals surface area contributed by atoms with Gasteiger partial charge in [-0.2, -0.15) is 0 Å². The third-order valence-corrected chi connectivity index (χ3v) is 6.37. The second-order valence-corrected chi connectivity index (χ2v) is 9.50. The van der Waals surface area contributed by atoms with Gasteiger partial charge in [-0.1, -0.05) is 77.4 Å². The highest BCUT2D eigenvalue weighted by Gasteiger charge is 2.65. The maximum Gasteiger partial charge on any atom is 0.220 e. The van der Waals surface area contributed by atoms with Gasteiger partial charge < -0.3 is 5.32 Å². The molecule has 2 nitrogen and oxygen atoms in total. The van der Waals surface area contributed by atoms with Gasteiger partial charge in [-0.05, 0) is 56.8 Å². The van der Waals surface area contributed by atoms with E-state index in [0.717, 1.165) is 12.8 Å². The zero-order valence-electron chi connectivity index (χ0n) is 17.6. The Kier molecular flexibility index (Phi) is 9.22. The van der Waals surface area contributed by atoms with E-state index in [9.17, 15) is 4.79 Å². The third-order valence-electron chi connectivity index (χ3n) is 6.37. The van der Waals surface area contributed by atoms with Crippen LogP contribution in [0.5, 0.6) is 0 Å². The van der Waals surface area contributed by atoms with Gasteiger partial charge in [-0.15, -0.1) is 0 Å². The van der Waals surface area contributed by atoms with E-state index in [1.165, 1.54) is 96.3 Å². The Morgan fingerprint density at radius 1 is 0.808 bits per heavy atom. The summed E-state index contributed by atoms with van der Waals surface area (Å²) in [6.45, 7) is 4.61. The van der Waals surface area contributed by atoms with Crippen molar-refractivity contribution >= 4 is 5.91 Å². The van der Waals surface area contributed by atoms with Crippen molar-refractivity contribution in [1.82, 2.24) is 5.32 Å². The van der Waals surface area contributed by atoms with Gasteiger partial charge in [0.05, 0.1) is 0 Å². The van der Waals surface area contributed by atoms with E-state index < -0.39 is 0 Å². The summed E-state index contributed by atoms with van der Waals surface area (Å²) in [7, 11) is 0. The Bertz CT molecular complexity index is 420. The summed E-state index contributed by atoms with van der Waals surface area (Å²) < 4.78 is 0. The molecule has 1 N–H and O–H groups in total. The lowest BCUT2D eigenvalue weighted by atomic mass is 9.40. The van der Waals surface area contributed by atoms with Crippen molar-refractivity contribution in [2.24, 2.45) is 5.41 Å². The number of amides is 1. The number of carbonyl (C=O) groups excluding carboxylic acids is 1. The minimum atomic E-state index is 0.230. The van der Waals surface area contributed by atoms with Crippen molar-refractivity contribution in [3.05, 3.63) is 12.2 Å². The average molecular weight is 362 g/mol. The zero-order chi connectivity index (χ0) is 18.7. The first-order valence-electron chi connectivity index (χ1n) is 11.5. The Morgan fingerprint density at radius 2 is 1.31 bits per heavy atom. The molecular formula is C24H43NO. The van der Waals surface area contributed by atoms with Crippen molar-refractivity contribution in [2.75, 3.05) is 0 Å². The molecule has 3 fully saturated rings. The van der Waals surface area contributed by atoms with Crippen LogP contribution in [-0.4, -0.2) is 11.4 Å². The minimum Gasteiger partial charge on any atom is -0.351 e. The number of rotatable bonds is 16. The Morgan fingerprint density at radius 3 is 1.85 bits per heavy atom. The van der Waals surface area contributed by atoms with Crippen molar-refractivity contribution in [3.8, 4) is 0 Å². The van der Waals surface area contributed by atoms with Crippen molar-refractivity contribution in [1.29, 1.82) is 0 Å². The molecule has 1 amide bonds. The molecule has 0 aromatic heterocycles. The van der Waals surface area contributed by atoms with Crippen LogP contribution in [0.15, 0.2) is 12.2 Å². The summed E-state index contributed by atoms with van der Waals surface area (Å²) in [4.78, 5) is 12.0. The van der Waals surface area contributed by atoms with Crippen LogP contribution < -0.4 is 5.32 Å². The molecule has 0 saturated heterocycles. The lowest BCUT2D eigenvalue weighted by Gasteiger charge is -2.69. The van der Waals surface area contributed by atoms with E-state index >= 15 is 0 Å². The fraction of sp³-hybridized carbons (Fsp3) is 0.875. The van der Waals surface area contributed by atoms with E-state index in [4.69, 9.17) is 0 Å². The monoisotopic (exact) mass is 361 g/mol. The lowest BCUT2D eigenvalue weighted by Crippen LogP contribution is -2.73. The average Bonchev–Trinajstić information content (AvgIpc) is 2.56. The standard InChI is InChI=1S/C24H43NO/c1-3-4-5-6-7-8-9-10-11-12-13-14-15-16-17-18-22(26)25-24-19-23(2,20-24)21-24/h10-11H,3-9,12-21H2,1-2H3,(H,25,26)/b11-10-. The molecule has 0 spiro atoms. The molecule has 2 heteroatoms. The summed E-state index contributed by atoms with van der Waals surface area (Å²) in [6.07, 6.45) is 26.2. The maximum absolute atomic E-state index is 12.0. The van der Waals surface area contributed by atoms with Crippen LogP contribution >= 0.6 is 0 Å².